The fourth-order valence-electron chi connectivity index (χ4n) is 3.95. The molecule has 0 aromatic carbocycles. The lowest BCUT2D eigenvalue weighted by Gasteiger charge is -2.10. The molecule has 0 aromatic rings. The third-order valence-electron chi connectivity index (χ3n) is 5.89. The van der Waals surface area contributed by atoms with Gasteiger partial charge in [0.2, 0.25) is 0 Å². The molecule has 2 heteroatoms. The molecule has 0 saturated heterocycles. The van der Waals surface area contributed by atoms with Crippen molar-refractivity contribution in [3.05, 3.63) is 0 Å². The molecule has 0 aliphatic carbocycles. The van der Waals surface area contributed by atoms with Crippen molar-refractivity contribution in [1.29, 1.82) is 0 Å². The SMILES string of the molecule is CCCCCC(C)CCCCCCCCCCCCCCCCCC(=O)O. The fraction of sp³-hybridized carbons (Fsp3) is 0.960. The van der Waals surface area contributed by atoms with E-state index in [4.69, 9.17) is 5.11 Å². The Morgan fingerprint density at radius 1 is 0.593 bits per heavy atom. The van der Waals surface area contributed by atoms with Crippen LogP contribution >= 0.6 is 0 Å². The molecule has 0 heterocycles. The van der Waals surface area contributed by atoms with E-state index in [1.807, 2.05) is 0 Å². The Hall–Kier alpha value is -0.530. The fourth-order valence-corrected chi connectivity index (χ4v) is 3.95. The molecule has 0 spiro atoms. The molecular weight excluding hydrogens is 332 g/mol. The van der Waals surface area contributed by atoms with Crippen molar-refractivity contribution in [2.75, 3.05) is 0 Å². The van der Waals surface area contributed by atoms with Crippen molar-refractivity contribution in [2.45, 2.75) is 149 Å². The summed E-state index contributed by atoms with van der Waals surface area (Å²) in [5, 5.41) is 8.58. The van der Waals surface area contributed by atoms with Crippen molar-refractivity contribution in [1.82, 2.24) is 0 Å². The Kier molecular flexibility index (Phi) is 21.3. The van der Waals surface area contributed by atoms with Gasteiger partial charge in [-0.25, -0.2) is 0 Å². The van der Waals surface area contributed by atoms with Gasteiger partial charge < -0.3 is 5.11 Å². The molecule has 0 amide bonds. The van der Waals surface area contributed by atoms with Crippen LogP contribution in [0, 0.1) is 5.92 Å². The normalized spacial score (nSPS) is 12.4. The average molecular weight is 383 g/mol. The molecule has 1 atom stereocenters. The van der Waals surface area contributed by atoms with Crippen LogP contribution in [-0.4, -0.2) is 11.1 Å². The molecule has 0 bridgehead atoms. The van der Waals surface area contributed by atoms with E-state index in [1.165, 1.54) is 116 Å². The number of carboxylic acid groups (broad SMARTS) is 1. The van der Waals surface area contributed by atoms with E-state index in [0.717, 1.165) is 18.8 Å². The Bertz CT molecular complexity index is 301. The Morgan fingerprint density at radius 3 is 1.30 bits per heavy atom. The topological polar surface area (TPSA) is 37.3 Å². The van der Waals surface area contributed by atoms with Gasteiger partial charge in [-0.2, -0.15) is 0 Å². The van der Waals surface area contributed by atoms with Gasteiger partial charge in [0.05, 0.1) is 0 Å². The number of carbonyl (C=O) groups is 1. The molecule has 1 unspecified atom stereocenters. The lowest BCUT2D eigenvalue weighted by atomic mass is 9.96. The first-order chi connectivity index (χ1) is 13.2. The van der Waals surface area contributed by atoms with Crippen LogP contribution in [0.25, 0.3) is 0 Å². The summed E-state index contributed by atoms with van der Waals surface area (Å²) in [6.45, 7) is 4.73. The van der Waals surface area contributed by atoms with Crippen LogP contribution in [0.2, 0.25) is 0 Å². The maximum absolute atomic E-state index is 10.4. The van der Waals surface area contributed by atoms with Gasteiger partial charge in [-0.05, 0) is 12.3 Å². The Balaban J connectivity index is 3.07. The summed E-state index contributed by atoms with van der Waals surface area (Å²) in [6, 6.07) is 0. The van der Waals surface area contributed by atoms with Gasteiger partial charge in [0.1, 0.15) is 0 Å². The second-order valence-electron chi connectivity index (χ2n) is 8.84. The van der Waals surface area contributed by atoms with Gasteiger partial charge in [0.15, 0.2) is 0 Å². The maximum atomic E-state index is 10.4. The highest BCUT2D eigenvalue weighted by atomic mass is 16.4. The summed E-state index contributed by atoms with van der Waals surface area (Å²) in [5.41, 5.74) is 0. The molecule has 162 valence electrons. The predicted octanol–water partition coefficient (Wildman–Crippen LogP) is 8.92. The molecule has 27 heavy (non-hydrogen) atoms. The highest BCUT2D eigenvalue weighted by Crippen LogP contribution is 2.18. The van der Waals surface area contributed by atoms with Crippen LogP contribution in [0.15, 0.2) is 0 Å². The van der Waals surface area contributed by atoms with Crippen LogP contribution in [0.4, 0.5) is 0 Å². The largest absolute Gasteiger partial charge is 0.481 e. The first kappa shape index (κ1) is 26.5. The second kappa shape index (κ2) is 21.8. The van der Waals surface area contributed by atoms with Crippen LogP contribution in [0.5, 0.6) is 0 Å². The van der Waals surface area contributed by atoms with Gasteiger partial charge >= 0.3 is 5.97 Å². The van der Waals surface area contributed by atoms with E-state index in [0.29, 0.717) is 6.42 Å². The summed E-state index contributed by atoms with van der Waals surface area (Å²) in [6.07, 6.45) is 27.5. The van der Waals surface area contributed by atoms with Crippen molar-refractivity contribution >= 4 is 5.97 Å². The Labute approximate surface area is 170 Å². The third kappa shape index (κ3) is 23.4. The van der Waals surface area contributed by atoms with Crippen LogP contribution < -0.4 is 0 Å². The zero-order valence-corrected chi connectivity index (χ0v) is 18.8. The molecule has 0 radical (unpaired) electrons. The van der Waals surface area contributed by atoms with Crippen LogP contribution in [0.1, 0.15) is 149 Å². The number of hydrogen-bond acceptors (Lipinski definition) is 1. The number of carboxylic acids is 1. The molecule has 0 saturated carbocycles. The van der Waals surface area contributed by atoms with E-state index < -0.39 is 5.97 Å². The minimum atomic E-state index is -0.651. The molecule has 0 aliphatic heterocycles. The number of aliphatic carboxylic acids is 1. The van der Waals surface area contributed by atoms with E-state index in [-0.39, 0.29) is 0 Å². The third-order valence-corrected chi connectivity index (χ3v) is 5.89. The number of rotatable bonds is 22. The first-order valence-electron chi connectivity index (χ1n) is 12.4. The van der Waals surface area contributed by atoms with Gasteiger partial charge in [0, 0.05) is 6.42 Å². The summed E-state index contributed by atoms with van der Waals surface area (Å²) in [4.78, 5) is 10.4. The zero-order chi connectivity index (χ0) is 20.0. The second-order valence-corrected chi connectivity index (χ2v) is 8.84. The maximum Gasteiger partial charge on any atom is 0.303 e. The smallest absolute Gasteiger partial charge is 0.303 e. The van der Waals surface area contributed by atoms with Gasteiger partial charge in [0.25, 0.3) is 0 Å². The Morgan fingerprint density at radius 2 is 0.926 bits per heavy atom. The number of unbranched alkanes of at least 4 members (excludes halogenated alkanes) is 16. The monoisotopic (exact) mass is 382 g/mol. The van der Waals surface area contributed by atoms with E-state index >= 15 is 0 Å². The zero-order valence-electron chi connectivity index (χ0n) is 18.8. The van der Waals surface area contributed by atoms with Gasteiger partial charge in [-0.1, -0.05) is 136 Å². The highest BCUT2D eigenvalue weighted by Gasteiger charge is 2.01. The lowest BCUT2D eigenvalue weighted by molar-refractivity contribution is -0.137. The van der Waals surface area contributed by atoms with Gasteiger partial charge in [-0.15, -0.1) is 0 Å². The van der Waals surface area contributed by atoms with E-state index in [1.54, 1.807) is 0 Å². The van der Waals surface area contributed by atoms with E-state index in [2.05, 4.69) is 13.8 Å². The lowest BCUT2D eigenvalue weighted by Crippen LogP contribution is -1.94. The summed E-state index contributed by atoms with van der Waals surface area (Å²) in [5.74, 6) is 0.295. The van der Waals surface area contributed by atoms with Crippen LogP contribution in [0.3, 0.4) is 0 Å². The molecule has 2 nitrogen and oxygen atoms in total. The highest BCUT2D eigenvalue weighted by molar-refractivity contribution is 5.66. The summed E-state index contributed by atoms with van der Waals surface area (Å²) in [7, 11) is 0. The minimum absolute atomic E-state index is 0.345. The summed E-state index contributed by atoms with van der Waals surface area (Å²) >= 11 is 0. The molecule has 0 rings (SSSR count). The first-order valence-corrected chi connectivity index (χ1v) is 12.4. The summed E-state index contributed by atoms with van der Waals surface area (Å²) < 4.78 is 0. The van der Waals surface area contributed by atoms with Crippen molar-refractivity contribution in [3.8, 4) is 0 Å². The predicted molar refractivity (Wildman–Crippen MR) is 119 cm³/mol. The minimum Gasteiger partial charge on any atom is -0.481 e. The molecular formula is C25H50O2. The van der Waals surface area contributed by atoms with Crippen LogP contribution in [-0.2, 0) is 4.79 Å². The molecule has 0 aliphatic rings. The van der Waals surface area contributed by atoms with Crippen molar-refractivity contribution in [2.24, 2.45) is 5.92 Å². The molecule has 1 N–H and O–H groups in total. The van der Waals surface area contributed by atoms with Crippen molar-refractivity contribution < 1.29 is 9.90 Å². The quantitative estimate of drug-likeness (QED) is 0.190. The van der Waals surface area contributed by atoms with Gasteiger partial charge in [-0.3, -0.25) is 4.79 Å². The standard InChI is InChI=1S/C25H50O2/c1-3-4-18-21-24(2)22-19-16-14-12-10-8-6-5-7-9-11-13-15-17-20-23-25(26)27/h24H,3-23H2,1-2H3,(H,26,27). The number of hydrogen-bond donors (Lipinski definition) is 1. The van der Waals surface area contributed by atoms with Crippen molar-refractivity contribution in [3.63, 3.8) is 0 Å². The molecule has 0 fully saturated rings. The molecule has 0 aromatic heterocycles. The van der Waals surface area contributed by atoms with E-state index in [9.17, 15) is 4.79 Å². The average Bonchev–Trinajstić information content (AvgIpc) is 2.64.